The van der Waals surface area contributed by atoms with Crippen LogP contribution in [0.2, 0.25) is 0 Å². The molecule has 0 atom stereocenters. The average molecular weight is 283 g/mol. The number of rotatable bonds is 5. The lowest BCUT2D eigenvalue weighted by Gasteiger charge is -2.38. The van der Waals surface area contributed by atoms with Gasteiger partial charge in [-0.3, -0.25) is 4.79 Å². The number of carbonyl (C=O) groups excluding carboxylic acids is 1. The van der Waals surface area contributed by atoms with Gasteiger partial charge in [-0.2, -0.15) is 0 Å². The number of aliphatic hydroxyl groups excluding tert-OH is 1. The number of hydrogen-bond donors (Lipinski definition) is 2. The molecule has 0 aromatic rings. The third-order valence-electron chi connectivity index (χ3n) is 4.71. The summed E-state index contributed by atoms with van der Waals surface area (Å²) in [5, 5.41) is 12.6. The lowest BCUT2D eigenvalue weighted by molar-refractivity contribution is -0.136. The summed E-state index contributed by atoms with van der Waals surface area (Å²) in [6, 6.07) is 0.326. The van der Waals surface area contributed by atoms with Gasteiger partial charge >= 0.3 is 0 Å². The molecule has 20 heavy (non-hydrogen) atoms. The zero-order valence-corrected chi connectivity index (χ0v) is 12.7. The quantitative estimate of drug-likeness (QED) is 0.761. The Kier molecular flexibility index (Phi) is 6.26. The van der Waals surface area contributed by atoms with Crippen LogP contribution in [0.15, 0.2) is 0 Å². The van der Waals surface area contributed by atoms with Gasteiger partial charge in [-0.25, -0.2) is 0 Å². The Hall–Kier alpha value is -0.650. The molecule has 0 bridgehead atoms. The van der Waals surface area contributed by atoms with Crippen molar-refractivity contribution in [2.45, 2.75) is 38.1 Å². The summed E-state index contributed by atoms with van der Waals surface area (Å²) in [4.78, 5) is 16.8. The van der Waals surface area contributed by atoms with Crippen molar-refractivity contribution in [3.05, 3.63) is 0 Å². The number of likely N-dealkylation sites (tertiary alicyclic amines) is 1. The average Bonchev–Trinajstić information content (AvgIpc) is 2.47. The molecule has 0 aromatic heterocycles. The van der Waals surface area contributed by atoms with Crippen molar-refractivity contribution in [3.8, 4) is 0 Å². The Balaban J connectivity index is 1.87. The van der Waals surface area contributed by atoms with E-state index in [1.807, 2.05) is 4.90 Å². The number of hydrogen-bond acceptors (Lipinski definition) is 4. The molecule has 116 valence electrons. The number of nitrogens with zero attached hydrogens (tertiary/aromatic N) is 2. The molecule has 0 saturated carbocycles. The van der Waals surface area contributed by atoms with Gasteiger partial charge in [0.15, 0.2) is 0 Å². The molecular weight excluding hydrogens is 254 g/mol. The zero-order chi connectivity index (χ0) is 14.4. The number of amides is 1. The minimum atomic E-state index is 0.0737. The number of piperidine rings is 2. The fourth-order valence-corrected chi connectivity index (χ4v) is 3.38. The van der Waals surface area contributed by atoms with Crippen molar-refractivity contribution in [1.82, 2.24) is 15.1 Å². The van der Waals surface area contributed by atoms with Crippen LogP contribution >= 0.6 is 0 Å². The third-order valence-corrected chi connectivity index (χ3v) is 4.71. The van der Waals surface area contributed by atoms with Crippen molar-refractivity contribution >= 4 is 5.91 Å². The maximum Gasteiger partial charge on any atom is 0.223 e. The van der Waals surface area contributed by atoms with Crippen LogP contribution in [-0.4, -0.2) is 73.2 Å². The van der Waals surface area contributed by atoms with E-state index in [0.717, 1.165) is 51.9 Å². The highest BCUT2D eigenvalue weighted by molar-refractivity contribution is 5.76. The molecular formula is C15H29N3O2. The van der Waals surface area contributed by atoms with Crippen molar-refractivity contribution in [1.29, 1.82) is 0 Å². The molecule has 0 unspecified atom stereocenters. The summed E-state index contributed by atoms with van der Waals surface area (Å²) in [6.45, 7) is 4.74. The second-order valence-corrected chi connectivity index (χ2v) is 6.24. The van der Waals surface area contributed by atoms with Crippen molar-refractivity contribution in [2.75, 3.05) is 46.4 Å². The standard InChI is InChI=1S/C15H29N3O2/c1-17-8-4-14(5-9-17)18(10-11-19)15(20)12-13-2-6-16-7-3-13/h13-14,16,19H,2-12H2,1H3. The zero-order valence-electron chi connectivity index (χ0n) is 12.7. The first-order valence-corrected chi connectivity index (χ1v) is 8.00. The molecule has 5 heteroatoms. The molecule has 0 radical (unpaired) electrons. The highest BCUT2D eigenvalue weighted by Gasteiger charge is 2.28. The number of carbonyl (C=O) groups is 1. The molecule has 2 heterocycles. The predicted molar refractivity (Wildman–Crippen MR) is 79.5 cm³/mol. The van der Waals surface area contributed by atoms with Crippen LogP contribution in [0, 0.1) is 5.92 Å². The van der Waals surface area contributed by atoms with Gasteiger partial charge in [-0.1, -0.05) is 0 Å². The molecule has 2 aliphatic rings. The maximum atomic E-state index is 12.6. The Morgan fingerprint density at radius 2 is 1.90 bits per heavy atom. The highest BCUT2D eigenvalue weighted by Crippen LogP contribution is 2.21. The smallest absolute Gasteiger partial charge is 0.223 e. The van der Waals surface area contributed by atoms with Gasteiger partial charge in [0.25, 0.3) is 0 Å². The van der Waals surface area contributed by atoms with E-state index in [2.05, 4.69) is 17.3 Å². The molecule has 1 amide bonds. The molecule has 0 aromatic carbocycles. The highest BCUT2D eigenvalue weighted by atomic mass is 16.3. The van der Waals surface area contributed by atoms with Gasteiger partial charge in [0, 0.05) is 19.0 Å². The van der Waals surface area contributed by atoms with Gasteiger partial charge in [-0.15, -0.1) is 0 Å². The van der Waals surface area contributed by atoms with Gasteiger partial charge in [0.2, 0.25) is 5.91 Å². The minimum absolute atomic E-state index is 0.0737. The monoisotopic (exact) mass is 283 g/mol. The normalized spacial score (nSPS) is 22.9. The summed E-state index contributed by atoms with van der Waals surface area (Å²) in [6.07, 6.45) is 4.94. The van der Waals surface area contributed by atoms with Gasteiger partial charge < -0.3 is 20.2 Å². The first-order chi connectivity index (χ1) is 9.70. The van der Waals surface area contributed by atoms with Crippen molar-refractivity contribution in [2.24, 2.45) is 5.92 Å². The van der Waals surface area contributed by atoms with Crippen LogP contribution in [0.5, 0.6) is 0 Å². The van der Waals surface area contributed by atoms with Crippen LogP contribution in [0.25, 0.3) is 0 Å². The molecule has 2 N–H and O–H groups in total. The Morgan fingerprint density at radius 3 is 2.50 bits per heavy atom. The van der Waals surface area contributed by atoms with E-state index >= 15 is 0 Å². The fourth-order valence-electron chi connectivity index (χ4n) is 3.38. The van der Waals surface area contributed by atoms with Crippen LogP contribution in [0.3, 0.4) is 0 Å². The fraction of sp³-hybridized carbons (Fsp3) is 0.933. The summed E-state index contributed by atoms with van der Waals surface area (Å²) < 4.78 is 0. The van der Waals surface area contributed by atoms with Gasteiger partial charge in [0.1, 0.15) is 0 Å². The second-order valence-electron chi connectivity index (χ2n) is 6.24. The summed E-state index contributed by atoms with van der Waals surface area (Å²) in [5.41, 5.74) is 0. The Bertz CT molecular complexity index is 297. The Morgan fingerprint density at radius 1 is 1.25 bits per heavy atom. The summed E-state index contributed by atoms with van der Waals surface area (Å²) in [7, 11) is 2.13. The second kappa shape index (κ2) is 7.96. The van der Waals surface area contributed by atoms with E-state index in [1.165, 1.54) is 0 Å². The van der Waals surface area contributed by atoms with E-state index in [1.54, 1.807) is 0 Å². The van der Waals surface area contributed by atoms with E-state index in [4.69, 9.17) is 0 Å². The minimum Gasteiger partial charge on any atom is -0.395 e. The van der Waals surface area contributed by atoms with Crippen molar-refractivity contribution in [3.63, 3.8) is 0 Å². The lowest BCUT2D eigenvalue weighted by Crippen LogP contribution is -2.48. The summed E-state index contributed by atoms with van der Waals surface area (Å²) >= 11 is 0. The molecule has 2 rings (SSSR count). The van der Waals surface area contributed by atoms with Crippen LogP contribution in [0.1, 0.15) is 32.1 Å². The van der Waals surface area contributed by atoms with Gasteiger partial charge in [0.05, 0.1) is 6.61 Å². The SMILES string of the molecule is CN1CCC(N(CCO)C(=O)CC2CCNCC2)CC1. The molecule has 0 aliphatic carbocycles. The van der Waals surface area contributed by atoms with E-state index in [9.17, 15) is 9.90 Å². The molecule has 2 saturated heterocycles. The third kappa shape index (κ3) is 4.43. The van der Waals surface area contributed by atoms with E-state index in [-0.39, 0.29) is 12.5 Å². The first kappa shape index (κ1) is 15.7. The largest absolute Gasteiger partial charge is 0.395 e. The summed E-state index contributed by atoms with van der Waals surface area (Å²) in [5.74, 6) is 0.775. The van der Waals surface area contributed by atoms with Crippen molar-refractivity contribution < 1.29 is 9.90 Å². The maximum absolute atomic E-state index is 12.6. The van der Waals surface area contributed by atoms with Crippen LogP contribution < -0.4 is 5.32 Å². The van der Waals surface area contributed by atoms with E-state index < -0.39 is 0 Å². The number of nitrogens with one attached hydrogen (secondary N) is 1. The van der Waals surface area contributed by atoms with Gasteiger partial charge in [-0.05, 0) is 64.8 Å². The first-order valence-electron chi connectivity index (χ1n) is 8.00. The number of aliphatic hydroxyl groups is 1. The lowest BCUT2D eigenvalue weighted by atomic mass is 9.93. The van der Waals surface area contributed by atoms with E-state index in [0.29, 0.717) is 24.9 Å². The molecule has 2 aliphatic heterocycles. The Labute approximate surface area is 122 Å². The molecule has 2 fully saturated rings. The van der Waals surface area contributed by atoms with Crippen LogP contribution in [-0.2, 0) is 4.79 Å². The molecule has 0 spiro atoms. The predicted octanol–water partition coefficient (Wildman–Crippen LogP) is 0.291. The van der Waals surface area contributed by atoms with Crippen LogP contribution in [0.4, 0.5) is 0 Å². The molecule has 5 nitrogen and oxygen atoms in total. The topological polar surface area (TPSA) is 55.8 Å².